The third kappa shape index (κ3) is 12.9. The number of nitrogens with one attached hydrogen (secondary N) is 1. The van der Waals surface area contributed by atoms with Gasteiger partial charge in [0, 0.05) is 23.8 Å². The van der Waals surface area contributed by atoms with Gasteiger partial charge in [0.05, 0.1) is 33.0 Å². The molecule has 0 heterocycles. The average molecular weight is 698 g/mol. The Kier molecular flexibility index (Phi) is 16.9. The summed E-state index contributed by atoms with van der Waals surface area (Å²) in [5.41, 5.74) is 4.22. The number of aliphatic hydroxyl groups excluding tert-OH is 2. The molecule has 0 radical (unpaired) electrons. The van der Waals surface area contributed by atoms with Crippen molar-refractivity contribution in [3.05, 3.63) is 94.5 Å². The number of benzene rings is 2. The summed E-state index contributed by atoms with van der Waals surface area (Å²) in [5.74, 6) is -1.98. The highest BCUT2D eigenvalue weighted by Crippen LogP contribution is 2.40. The number of carbonyl (C=O) groups is 4. The van der Waals surface area contributed by atoms with E-state index in [1.54, 1.807) is 13.8 Å². The van der Waals surface area contributed by atoms with Gasteiger partial charge in [0.1, 0.15) is 11.5 Å². The van der Waals surface area contributed by atoms with Gasteiger partial charge >= 0.3 is 24.0 Å². The first-order chi connectivity index (χ1) is 23.9. The lowest BCUT2D eigenvalue weighted by molar-refractivity contribution is -0.145. The van der Waals surface area contributed by atoms with Crippen molar-refractivity contribution in [1.29, 1.82) is 0 Å². The van der Waals surface area contributed by atoms with Gasteiger partial charge in [-0.15, -0.1) is 5.48 Å². The maximum absolute atomic E-state index is 12.7. The topological polar surface area (TPSA) is 176 Å². The molecule has 0 unspecified atom stereocenters. The third-order valence-corrected chi connectivity index (χ3v) is 7.60. The Balaban J connectivity index is 2.21. The van der Waals surface area contributed by atoms with Crippen molar-refractivity contribution in [2.75, 3.05) is 33.0 Å². The summed E-state index contributed by atoms with van der Waals surface area (Å²) in [7, 11) is 0. The number of esters is 2. The summed E-state index contributed by atoms with van der Waals surface area (Å²) in [6.07, 6.45) is 2.90. The van der Waals surface area contributed by atoms with Crippen molar-refractivity contribution < 1.29 is 57.9 Å². The van der Waals surface area contributed by atoms with E-state index in [9.17, 15) is 29.4 Å². The standard InChI is InChI=1S/C37H47NO12/c1-7-31(39)34(42)48-22-10-20-46-29-16-12-27(13-17-29)37(6,24-25(4)26(5)33(41)50-38-36(44)45-9-3)28-14-18-30(19-15-28)47-21-11-23-49-35(43)32(40)8-2/h7-8,12-19,39-40H,9-11,20-24H2,1-6H3,(H,38,44). The lowest BCUT2D eigenvalue weighted by Gasteiger charge is -2.32. The van der Waals surface area contributed by atoms with Crippen molar-refractivity contribution in [2.24, 2.45) is 0 Å². The molecule has 13 nitrogen and oxygen atoms in total. The molecule has 3 N–H and O–H groups in total. The molecule has 0 fully saturated rings. The molecule has 2 aromatic rings. The quantitative estimate of drug-likeness (QED) is 0.0387. The van der Waals surface area contributed by atoms with Gasteiger partial charge in [-0.2, -0.15) is 0 Å². The molecule has 13 heteroatoms. The number of ether oxygens (including phenoxy) is 5. The van der Waals surface area contributed by atoms with Crippen LogP contribution in [0.1, 0.15) is 71.9 Å². The smallest absolute Gasteiger partial charge is 0.440 e. The van der Waals surface area contributed by atoms with E-state index in [-0.39, 0.29) is 33.0 Å². The highest BCUT2D eigenvalue weighted by Gasteiger charge is 2.31. The number of amides is 1. The zero-order chi connectivity index (χ0) is 37.1. The normalized spacial score (nSPS) is 13.2. The van der Waals surface area contributed by atoms with Crippen LogP contribution in [0.25, 0.3) is 0 Å². The van der Waals surface area contributed by atoms with E-state index in [0.29, 0.717) is 36.3 Å². The molecule has 2 rings (SSSR count). The van der Waals surface area contributed by atoms with E-state index in [1.165, 1.54) is 26.0 Å². The predicted octanol–water partition coefficient (Wildman–Crippen LogP) is 6.47. The first kappa shape index (κ1) is 40.7. The second kappa shape index (κ2) is 20.8. The van der Waals surface area contributed by atoms with E-state index < -0.39 is 40.9 Å². The van der Waals surface area contributed by atoms with E-state index >= 15 is 0 Å². The molecular weight excluding hydrogens is 650 g/mol. The average Bonchev–Trinajstić information content (AvgIpc) is 3.12. The van der Waals surface area contributed by atoms with Crippen LogP contribution >= 0.6 is 0 Å². The van der Waals surface area contributed by atoms with E-state index in [4.69, 9.17) is 28.5 Å². The summed E-state index contributed by atoms with van der Waals surface area (Å²) in [6.45, 7) is 11.0. The Bertz CT molecular complexity index is 1440. The minimum absolute atomic E-state index is 0.0872. The zero-order valence-electron chi connectivity index (χ0n) is 29.4. The largest absolute Gasteiger partial charge is 0.502 e. The van der Waals surface area contributed by atoms with Crippen LogP contribution in [0.5, 0.6) is 11.5 Å². The van der Waals surface area contributed by atoms with Crippen LogP contribution in [0.2, 0.25) is 0 Å². The zero-order valence-corrected chi connectivity index (χ0v) is 29.4. The first-order valence-electron chi connectivity index (χ1n) is 16.2. The molecule has 0 saturated heterocycles. The van der Waals surface area contributed by atoms with Crippen LogP contribution in [0.3, 0.4) is 0 Å². The molecular formula is C37H47NO12. The molecule has 2 aromatic carbocycles. The number of rotatable bonds is 18. The molecule has 1 amide bonds. The molecule has 0 aliphatic carbocycles. The fraction of sp³-hybridized carbons (Fsp3) is 0.405. The third-order valence-electron chi connectivity index (χ3n) is 7.60. The molecule has 0 aromatic heterocycles. The minimum Gasteiger partial charge on any atom is -0.502 e. The van der Waals surface area contributed by atoms with Crippen LogP contribution in [0, 0.1) is 0 Å². The Morgan fingerprint density at radius 3 is 1.54 bits per heavy atom. The highest BCUT2D eigenvalue weighted by molar-refractivity contribution is 5.89. The highest BCUT2D eigenvalue weighted by atomic mass is 16.7. The number of hydrogen-bond acceptors (Lipinski definition) is 12. The van der Waals surface area contributed by atoms with Gasteiger partial charge in [0.15, 0.2) is 11.5 Å². The molecule has 0 spiro atoms. The lowest BCUT2D eigenvalue weighted by atomic mass is 9.71. The number of allylic oxidation sites excluding steroid dienone is 3. The summed E-state index contributed by atoms with van der Waals surface area (Å²) in [5, 5.41) is 18.8. The van der Waals surface area contributed by atoms with E-state index in [0.717, 1.165) is 16.7 Å². The van der Waals surface area contributed by atoms with Crippen LogP contribution in [0.4, 0.5) is 4.79 Å². The summed E-state index contributed by atoms with van der Waals surface area (Å²) < 4.78 is 26.3. The van der Waals surface area contributed by atoms with Crippen molar-refractivity contribution in [3.63, 3.8) is 0 Å². The van der Waals surface area contributed by atoms with Crippen molar-refractivity contribution in [3.8, 4) is 11.5 Å². The van der Waals surface area contributed by atoms with Crippen LogP contribution < -0.4 is 15.0 Å². The van der Waals surface area contributed by atoms with Gasteiger partial charge in [-0.05, 0) is 88.6 Å². The Morgan fingerprint density at radius 1 is 0.700 bits per heavy atom. The minimum atomic E-state index is -0.872. The maximum Gasteiger partial charge on any atom is 0.440 e. The molecule has 0 aliphatic heterocycles. The van der Waals surface area contributed by atoms with E-state index in [1.807, 2.05) is 67.9 Å². The van der Waals surface area contributed by atoms with E-state index in [2.05, 4.69) is 0 Å². The second-order valence-electron chi connectivity index (χ2n) is 11.2. The van der Waals surface area contributed by atoms with Gasteiger partial charge in [0.25, 0.3) is 0 Å². The number of aliphatic hydroxyl groups is 2. The first-order valence-corrected chi connectivity index (χ1v) is 16.2. The van der Waals surface area contributed by atoms with Gasteiger partial charge in [0.2, 0.25) is 0 Å². The number of hydrogen-bond donors (Lipinski definition) is 3. The maximum atomic E-state index is 12.7. The number of hydroxylamine groups is 1. The summed E-state index contributed by atoms with van der Waals surface area (Å²) >= 11 is 0. The molecule has 0 atom stereocenters. The van der Waals surface area contributed by atoms with Crippen LogP contribution in [-0.2, 0) is 38.8 Å². The summed E-state index contributed by atoms with van der Waals surface area (Å²) in [6, 6.07) is 15.0. The fourth-order valence-corrected chi connectivity index (χ4v) is 4.58. The lowest BCUT2D eigenvalue weighted by Crippen LogP contribution is -2.29. The van der Waals surface area contributed by atoms with Gasteiger partial charge in [-0.1, -0.05) is 36.8 Å². The monoisotopic (exact) mass is 697 g/mol. The Morgan fingerprint density at radius 2 is 1.14 bits per heavy atom. The predicted molar refractivity (Wildman–Crippen MR) is 183 cm³/mol. The number of carbonyl (C=O) groups excluding carboxylic acids is 4. The van der Waals surface area contributed by atoms with Crippen molar-refractivity contribution >= 4 is 24.0 Å². The SMILES string of the molecule is CC=C(O)C(=O)OCCCOc1ccc(C(C)(CC(C)=C(C)C(=O)ONC(=O)OCC)c2ccc(OCCCOC(=O)C(O)=CC)cc2)cc1. The van der Waals surface area contributed by atoms with Gasteiger partial charge < -0.3 is 38.7 Å². The van der Waals surface area contributed by atoms with Crippen LogP contribution in [0.15, 0.2) is 83.3 Å². The molecule has 0 saturated carbocycles. The van der Waals surface area contributed by atoms with Crippen molar-refractivity contribution in [2.45, 2.75) is 66.2 Å². The molecule has 50 heavy (non-hydrogen) atoms. The summed E-state index contributed by atoms with van der Waals surface area (Å²) in [4.78, 5) is 52.4. The van der Waals surface area contributed by atoms with Crippen LogP contribution in [-0.4, -0.2) is 67.2 Å². The van der Waals surface area contributed by atoms with Crippen molar-refractivity contribution in [1.82, 2.24) is 5.48 Å². The van der Waals surface area contributed by atoms with Gasteiger partial charge in [-0.25, -0.2) is 19.2 Å². The molecule has 0 aliphatic rings. The Hall–Kier alpha value is -5.46. The molecule has 272 valence electrons. The fourth-order valence-electron chi connectivity index (χ4n) is 4.58. The second-order valence-corrected chi connectivity index (χ2v) is 11.2. The van der Waals surface area contributed by atoms with Gasteiger partial charge in [-0.3, -0.25) is 0 Å². The molecule has 0 bridgehead atoms. The Labute approximate surface area is 292 Å².